The largest absolute Gasteiger partial charge is 0.480 e. The van der Waals surface area contributed by atoms with Crippen LogP contribution in [0.3, 0.4) is 0 Å². The number of hydrogen-bond acceptors (Lipinski definition) is 3. The minimum atomic E-state index is -0.900. The van der Waals surface area contributed by atoms with Crippen molar-refractivity contribution in [1.29, 1.82) is 0 Å². The van der Waals surface area contributed by atoms with Gasteiger partial charge in [0.15, 0.2) is 0 Å². The van der Waals surface area contributed by atoms with Gasteiger partial charge in [-0.3, -0.25) is 14.9 Å². The topological polar surface area (TPSA) is 69.6 Å². The molecule has 2 atom stereocenters. The molecule has 104 valence electrons. The fourth-order valence-corrected chi connectivity index (χ4v) is 2.28. The van der Waals surface area contributed by atoms with Crippen molar-refractivity contribution in [2.24, 2.45) is 5.92 Å². The number of carbonyl (C=O) groups is 2. The Morgan fingerprint density at radius 2 is 1.67 bits per heavy atom. The van der Waals surface area contributed by atoms with Gasteiger partial charge in [0.1, 0.15) is 6.04 Å². The molecule has 2 N–H and O–H groups in total. The van der Waals surface area contributed by atoms with E-state index >= 15 is 0 Å². The Morgan fingerprint density at radius 3 is 2.11 bits per heavy atom. The predicted molar refractivity (Wildman–Crippen MR) is 69.3 cm³/mol. The van der Waals surface area contributed by atoms with Gasteiger partial charge < -0.3 is 10.0 Å². The van der Waals surface area contributed by atoms with Gasteiger partial charge in [-0.1, -0.05) is 13.8 Å². The number of amides is 1. The minimum Gasteiger partial charge on any atom is -0.480 e. The summed E-state index contributed by atoms with van der Waals surface area (Å²) < 4.78 is 0. The van der Waals surface area contributed by atoms with Crippen molar-refractivity contribution in [3.8, 4) is 0 Å². The maximum Gasteiger partial charge on any atom is 0.320 e. The number of piperidine rings is 1. The molecule has 1 aliphatic heterocycles. The highest BCUT2D eigenvalue weighted by molar-refractivity contribution is 5.83. The number of likely N-dealkylation sites (tertiary alicyclic amines) is 1. The van der Waals surface area contributed by atoms with Crippen molar-refractivity contribution in [3.63, 3.8) is 0 Å². The molecule has 0 radical (unpaired) electrons. The van der Waals surface area contributed by atoms with Gasteiger partial charge in [0, 0.05) is 13.1 Å². The smallest absolute Gasteiger partial charge is 0.320 e. The molecular formula is C13H24N2O3. The molecule has 1 heterocycles. The van der Waals surface area contributed by atoms with E-state index in [4.69, 9.17) is 5.11 Å². The standard InChI is InChI=1S/C13H24N2O3/c1-9(2)11(13(17)18)14-10(3)12(16)15-7-5-4-6-8-15/h9-11,14H,4-8H2,1-3H3,(H,17,18). The summed E-state index contributed by atoms with van der Waals surface area (Å²) in [7, 11) is 0. The SMILES string of the molecule is CC(NC(C(=O)O)C(C)C)C(=O)N1CCCCC1. The lowest BCUT2D eigenvalue weighted by atomic mass is 10.0. The molecule has 0 aromatic carbocycles. The Hall–Kier alpha value is -1.10. The Labute approximate surface area is 109 Å². The van der Waals surface area contributed by atoms with Crippen LogP contribution in [0.4, 0.5) is 0 Å². The Balaban J connectivity index is 2.54. The van der Waals surface area contributed by atoms with Crippen molar-refractivity contribution in [3.05, 3.63) is 0 Å². The van der Waals surface area contributed by atoms with Crippen molar-refractivity contribution in [1.82, 2.24) is 10.2 Å². The van der Waals surface area contributed by atoms with Crippen LogP contribution in [-0.4, -0.2) is 47.1 Å². The van der Waals surface area contributed by atoms with Crippen LogP contribution in [0.1, 0.15) is 40.0 Å². The fourth-order valence-electron chi connectivity index (χ4n) is 2.28. The molecule has 1 amide bonds. The average molecular weight is 256 g/mol. The van der Waals surface area contributed by atoms with Crippen molar-refractivity contribution >= 4 is 11.9 Å². The van der Waals surface area contributed by atoms with E-state index in [9.17, 15) is 9.59 Å². The summed E-state index contributed by atoms with van der Waals surface area (Å²) in [6, 6.07) is -1.11. The van der Waals surface area contributed by atoms with E-state index in [0.717, 1.165) is 25.9 Å². The second-order valence-corrected chi connectivity index (χ2v) is 5.33. The maximum absolute atomic E-state index is 12.1. The number of carbonyl (C=O) groups excluding carboxylic acids is 1. The number of rotatable bonds is 5. The quantitative estimate of drug-likeness (QED) is 0.772. The monoisotopic (exact) mass is 256 g/mol. The molecule has 0 aromatic rings. The molecule has 0 saturated carbocycles. The maximum atomic E-state index is 12.1. The third-order valence-electron chi connectivity index (χ3n) is 3.40. The zero-order valence-electron chi connectivity index (χ0n) is 11.5. The number of carboxylic acid groups (broad SMARTS) is 1. The Morgan fingerprint density at radius 1 is 1.11 bits per heavy atom. The van der Waals surface area contributed by atoms with Gasteiger partial charge in [0.2, 0.25) is 5.91 Å². The molecule has 0 bridgehead atoms. The molecular weight excluding hydrogens is 232 g/mol. The molecule has 0 aliphatic carbocycles. The molecule has 1 fully saturated rings. The van der Waals surface area contributed by atoms with E-state index in [2.05, 4.69) is 5.32 Å². The molecule has 1 saturated heterocycles. The van der Waals surface area contributed by atoms with Crippen molar-refractivity contribution < 1.29 is 14.7 Å². The second kappa shape index (κ2) is 6.73. The van der Waals surface area contributed by atoms with Crippen molar-refractivity contribution in [2.75, 3.05) is 13.1 Å². The van der Waals surface area contributed by atoms with Crippen LogP contribution in [0.5, 0.6) is 0 Å². The van der Waals surface area contributed by atoms with Crippen LogP contribution in [0.15, 0.2) is 0 Å². The van der Waals surface area contributed by atoms with Gasteiger partial charge in [-0.15, -0.1) is 0 Å². The van der Waals surface area contributed by atoms with Gasteiger partial charge >= 0.3 is 5.97 Å². The van der Waals surface area contributed by atoms with E-state index in [1.807, 2.05) is 18.7 Å². The number of aliphatic carboxylic acids is 1. The average Bonchev–Trinajstić information content (AvgIpc) is 2.35. The lowest BCUT2D eigenvalue weighted by Gasteiger charge is -2.31. The van der Waals surface area contributed by atoms with Gasteiger partial charge in [0.25, 0.3) is 0 Å². The number of hydrogen-bond donors (Lipinski definition) is 2. The predicted octanol–water partition coefficient (Wildman–Crippen LogP) is 1.09. The molecule has 18 heavy (non-hydrogen) atoms. The summed E-state index contributed by atoms with van der Waals surface area (Å²) in [5.41, 5.74) is 0. The number of nitrogens with one attached hydrogen (secondary N) is 1. The Kier molecular flexibility index (Phi) is 5.59. The summed E-state index contributed by atoms with van der Waals surface area (Å²) in [4.78, 5) is 25.1. The normalized spacial score (nSPS) is 19.7. The van der Waals surface area contributed by atoms with E-state index in [1.54, 1.807) is 6.92 Å². The number of carboxylic acids is 1. The Bertz CT molecular complexity index is 299. The zero-order chi connectivity index (χ0) is 13.7. The van der Waals surface area contributed by atoms with Gasteiger partial charge in [-0.2, -0.15) is 0 Å². The molecule has 1 aliphatic rings. The first kappa shape index (κ1) is 15.0. The first-order valence-corrected chi connectivity index (χ1v) is 6.71. The van der Waals surface area contributed by atoms with Gasteiger partial charge in [-0.25, -0.2) is 0 Å². The van der Waals surface area contributed by atoms with Crippen LogP contribution < -0.4 is 5.32 Å². The fraction of sp³-hybridized carbons (Fsp3) is 0.846. The van der Waals surface area contributed by atoms with Crippen molar-refractivity contribution in [2.45, 2.75) is 52.1 Å². The first-order chi connectivity index (χ1) is 8.43. The highest BCUT2D eigenvalue weighted by Gasteiger charge is 2.28. The van der Waals surface area contributed by atoms with Crippen LogP contribution in [0, 0.1) is 5.92 Å². The van der Waals surface area contributed by atoms with Crippen LogP contribution in [0.2, 0.25) is 0 Å². The second-order valence-electron chi connectivity index (χ2n) is 5.33. The zero-order valence-corrected chi connectivity index (χ0v) is 11.5. The van der Waals surface area contributed by atoms with Crippen LogP contribution in [0.25, 0.3) is 0 Å². The molecule has 5 nitrogen and oxygen atoms in total. The third-order valence-corrected chi connectivity index (χ3v) is 3.40. The van der Waals surface area contributed by atoms with E-state index in [-0.39, 0.29) is 11.8 Å². The van der Waals surface area contributed by atoms with E-state index < -0.39 is 18.1 Å². The molecule has 0 spiro atoms. The molecule has 1 rings (SSSR count). The lowest BCUT2D eigenvalue weighted by Crippen LogP contribution is -2.53. The summed E-state index contributed by atoms with van der Waals surface area (Å²) in [5.74, 6) is -0.927. The van der Waals surface area contributed by atoms with E-state index in [1.165, 1.54) is 6.42 Å². The van der Waals surface area contributed by atoms with Crippen LogP contribution in [-0.2, 0) is 9.59 Å². The summed E-state index contributed by atoms with van der Waals surface area (Å²) in [6.45, 7) is 7.01. The molecule has 5 heteroatoms. The van der Waals surface area contributed by atoms with Gasteiger partial charge in [-0.05, 0) is 32.1 Å². The number of nitrogens with zero attached hydrogens (tertiary/aromatic N) is 1. The minimum absolute atomic E-state index is 0.0154. The molecule has 2 unspecified atom stereocenters. The summed E-state index contributed by atoms with van der Waals surface area (Å²) >= 11 is 0. The summed E-state index contributed by atoms with van der Waals surface area (Å²) in [6.07, 6.45) is 3.27. The van der Waals surface area contributed by atoms with E-state index in [0.29, 0.717) is 0 Å². The van der Waals surface area contributed by atoms with Gasteiger partial charge in [0.05, 0.1) is 6.04 Å². The highest BCUT2D eigenvalue weighted by atomic mass is 16.4. The first-order valence-electron chi connectivity index (χ1n) is 6.71. The highest BCUT2D eigenvalue weighted by Crippen LogP contribution is 2.11. The van der Waals surface area contributed by atoms with Crippen LogP contribution >= 0.6 is 0 Å². The lowest BCUT2D eigenvalue weighted by molar-refractivity contribution is -0.141. The third kappa shape index (κ3) is 3.98. The molecule has 0 aromatic heterocycles. The summed E-state index contributed by atoms with van der Waals surface area (Å²) in [5, 5.41) is 12.0.